The average molecular weight is 490 g/mol. The van der Waals surface area contributed by atoms with Crippen LogP contribution in [0.5, 0.6) is 17.2 Å². The molecule has 1 aliphatic rings. The quantitative estimate of drug-likeness (QED) is 0.270. The molecule has 0 aliphatic carbocycles. The number of methoxy groups -OCH3 is 2. The number of nitriles is 1. The lowest BCUT2D eigenvalue weighted by atomic mass is 9.91. The molecule has 0 fully saturated rings. The number of aryl methyl sites for hydroxylation is 1. The number of likely N-dealkylation sites (N-methyl/N-ethyl adjacent to an activating group) is 1. The van der Waals surface area contributed by atoms with E-state index in [1.165, 1.54) is 11.8 Å². The summed E-state index contributed by atoms with van der Waals surface area (Å²) in [5, 5.41) is 10.8. The van der Waals surface area contributed by atoms with Crippen LogP contribution in [0.3, 0.4) is 0 Å². The fourth-order valence-electron chi connectivity index (χ4n) is 4.08. The first-order chi connectivity index (χ1) is 16.9. The number of aromatic nitrogens is 1. The fraction of sp³-hybridized carbons (Fsp3) is 0.296. The van der Waals surface area contributed by atoms with Crippen LogP contribution >= 0.6 is 11.8 Å². The number of pyridine rings is 1. The van der Waals surface area contributed by atoms with Gasteiger partial charge in [0.2, 0.25) is 0 Å². The summed E-state index contributed by atoms with van der Waals surface area (Å²) >= 11 is 1.21. The number of esters is 1. The van der Waals surface area contributed by atoms with E-state index in [4.69, 9.17) is 19.2 Å². The molecule has 0 amide bonds. The summed E-state index contributed by atoms with van der Waals surface area (Å²) in [6.07, 6.45) is 0.748. The number of thioether (sulfide) groups is 1. The van der Waals surface area contributed by atoms with E-state index in [2.05, 4.69) is 11.0 Å². The van der Waals surface area contributed by atoms with Crippen LogP contribution in [0, 0.1) is 18.3 Å². The highest BCUT2D eigenvalue weighted by atomic mass is 32.2. The van der Waals surface area contributed by atoms with Gasteiger partial charge in [0.25, 0.3) is 0 Å². The van der Waals surface area contributed by atoms with E-state index in [9.17, 15) is 10.1 Å². The van der Waals surface area contributed by atoms with Crippen LogP contribution in [-0.4, -0.2) is 49.4 Å². The van der Waals surface area contributed by atoms with Gasteiger partial charge in [0.05, 0.1) is 25.5 Å². The van der Waals surface area contributed by atoms with Gasteiger partial charge in [-0.2, -0.15) is 5.26 Å². The number of nitrogens with zero attached hydrogens (tertiary/aromatic N) is 3. The molecule has 180 valence electrons. The number of hydrogen-bond donors (Lipinski definition) is 0. The van der Waals surface area contributed by atoms with Crippen LogP contribution < -0.4 is 14.2 Å². The standard InChI is InChI=1S/C27H27N3O4S/c1-17-5-7-18(8-6-17)34-25(31)16-35-27-21(14-28)26(22-15-30(2)12-11-23(22)29-27)20-13-19(32-3)9-10-24(20)33-4/h5-10,13H,11-12,15-16H2,1-4H3. The van der Waals surface area contributed by atoms with Crippen molar-refractivity contribution >= 4 is 17.7 Å². The topological polar surface area (TPSA) is 84.7 Å². The fourth-order valence-corrected chi connectivity index (χ4v) is 4.86. The zero-order valence-electron chi connectivity index (χ0n) is 20.3. The largest absolute Gasteiger partial charge is 0.497 e. The maximum absolute atomic E-state index is 12.5. The van der Waals surface area contributed by atoms with Crippen molar-refractivity contribution in [3.63, 3.8) is 0 Å². The molecule has 0 atom stereocenters. The zero-order chi connectivity index (χ0) is 24.9. The molecule has 0 spiro atoms. The Morgan fingerprint density at radius 2 is 1.89 bits per heavy atom. The number of fused-ring (bicyclic) bond motifs is 1. The van der Waals surface area contributed by atoms with Crippen molar-refractivity contribution in [2.75, 3.05) is 33.6 Å². The minimum absolute atomic E-state index is 0.0307. The highest BCUT2D eigenvalue weighted by Crippen LogP contribution is 2.42. The molecule has 35 heavy (non-hydrogen) atoms. The van der Waals surface area contributed by atoms with Crippen LogP contribution in [0.2, 0.25) is 0 Å². The summed E-state index contributed by atoms with van der Waals surface area (Å²) in [7, 11) is 5.26. The number of ether oxygens (including phenoxy) is 3. The van der Waals surface area contributed by atoms with E-state index < -0.39 is 5.97 Å². The molecule has 0 saturated carbocycles. The van der Waals surface area contributed by atoms with Gasteiger partial charge >= 0.3 is 5.97 Å². The first kappa shape index (κ1) is 24.6. The van der Waals surface area contributed by atoms with E-state index in [1.807, 2.05) is 44.3 Å². The van der Waals surface area contributed by atoms with Gasteiger partial charge in [0, 0.05) is 36.3 Å². The second-order valence-electron chi connectivity index (χ2n) is 8.33. The lowest BCUT2D eigenvalue weighted by Gasteiger charge is -2.28. The zero-order valence-corrected chi connectivity index (χ0v) is 21.1. The maximum Gasteiger partial charge on any atom is 0.321 e. The van der Waals surface area contributed by atoms with E-state index in [-0.39, 0.29) is 5.75 Å². The summed E-state index contributed by atoms with van der Waals surface area (Å²) in [6, 6.07) is 15.2. The van der Waals surface area contributed by atoms with Gasteiger partial charge in [-0.3, -0.25) is 4.79 Å². The molecule has 2 heterocycles. The van der Waals surface area contributed by atoms with Gasteiger partial charge in [-0.15, -0.1) is 0 Å². The van der Waals surface area contributed by atoms with Crippen molar-refractivity contribution < 1.29 is 19.0 Å². The Labute approximate surface area is 209 Å². The second-order valence-corrected chi connectivity index (χ2v) is 9.30. The van der Waals surface area contributed by atoms with Gasteiger partial charge in [-0.25, -0.2) is 4.98 Å². The van der Waals surface area contributed by atoms with Gasteiger partial charge in [-0.05, 0) is 49.9 Å². The SMILES string of the molecule is COc1ccc(OC)c(-c2c(C#N)c(SCC(=O)Oc3ccc(C)cc3)nc3c2CN(C)CC3)c1. The Kier molecular flexibility index (Phi) is 7.59. The molecule has 7 nitrogen and oxygen atoms in total. The van der Waals surface area contributed by atoms with Crippen molar-refractivity contribution in [1.82, 2.24) is 9.88 Å². The lowest BCUT2D eigenvalue weighted by molar-refractivity contribution is -0.131. The molecule has 0 saturated heterocycles. The summed E-state index contributed by atoms with van der Waals surface area (Å²) < 4.78 is 16.6. The molecular weight excluding hydrogens is 462 g/mol. The molecule has 0 N–H and O–H groups in total. The van der Waals surface area contributed by atoms with Crippen LogP contribution in [0.1, 0.15) is 22.4 Å². The van der Waals surface area contributed by atoms with E-state index >= 15 is 0 Å². The Morgan fingerprint density at radius 1 is 1.14 bits per heavy atom. The third kappa shape index (κ3) is 5.42. The first-order valence-electron chi connectivity index (χ1n) is 11.2. The van der Waals surface area contributed by atoms with Crippen molar-refractivity contribution in [2.45, 2.75) is 24.9 Å². The molecule has 4 rings (SSSR count). The van der Waals surface area contributed by atoms with Crippen molar-refractivity contribution in [3.05, 3.63) is 64.8 Å². The Balaban J connectivity index is 1.73. The van der Waals surface area contributed by atoms with E-state index in [0.717, 1.165) is 40.9 Å². The first-order valence-corrected chi connectivity index (χ1v) is 12.2. The second kappa shape index (κ2) is 10.8. The Bertz CT molecular complexity index is 1290. The molecule has 1 aliphatic heterocycles. The third-order valence-electron chi connectivity index (χ3n) is 5.88. The molecule has 2 aromatic carbocycles. The minimum atomic E-state index is -0.400. The highest BCUT2D eigenvalue weighted by Gasteiger charge is 2.27. The Morgan fingerprint density at radius 3 is 2.57 bits per heavy atom. The normalized spacial score (nSPS) is 13.0. The van der Waals surface area contributed by atoms with Crippen molar-refractivity contribution in [1.29, 1.82) is 5.26 Å². The van der Waals surface area contributed by atoms with Crippen LogP contribution in [0.25, 0.3) is 11.1 Å². The third-order valence-corrected chi connectivity index (χ3v) is 6.82. The predicted molar refractivity (Wildman–Crippen MR) is 135 cm³/mol. The summed E-state index contributed by atoms with van der Waals surface area (Å²) in [6.45, 7) is 3.49. The molecule has 0 unspecified atom stereocenters. The molecule has 3 aromatic rings. The molecule has 1 aromatic heterocycles. The van der Waals surface area contributed by atoms with E-state index in [0.29, 0.717) is 34.4 Å². The van der Waals surface area contributed by atoms with Crippen molar-refractivity contribution in [2.24, 2.45) is 0 Å². The number of hydrogen-bond acceptors (Lipinski definition) is 8. The van der Waals surface area contributed by atoms with Gasteiger partial charge < -0.3 is 19.1 Å². The smallest absolute Gasteiger partial charge is 0.321 e. The predicted octanol–water partition coefficient (Wildman–Crippen LogP) is 4.63. The summed E-state index contributed by atoms with van der Waals surface area (Å²) in [5.74, 6) is 1.42. The Hall–Kier alpha value is -3.54. The average Bonchev–Trinajstić information content (AvgIpc) is 2.87. The number of carbonyl (C=O) groups is 1. The van der Waals surface area contributed by atoms with Crippen LogP contribution in [0.4, 0.5) is 0 Å². The minimum Gasteiger partial charge on any atom is -0.497 e. The molecule has 0 radical (unpaired) electrons. The number of benzene rings is 2. The van der Waals surface area contributed by atoms with Gasteiger partial charge in [0.15, 0.2) is 0 Å². The van der Waals surface area contributed by atoms with Crippen LogP contribution in [-0.2, 0) is 17.8 Å². The molecule has 0 bridgehead atoms. The van der Waals surface area contributed by atoms with Crippen molar-refractivity contribution in [3.8, 4) is 34.4 Å². The maximum atomic E-state index is 12.5. The summed E-state index contributed by atoms with van der Waals surface area (Å²) in [5.41, 5.74) is 4.96. The van der Waals surface area contributed by atoms with Gasteiger partial charge in [-0.1, -0.05) is 29.5 Å². The number of carbonyl (C=O) groups excluding carboxylic acids is 1. The molecule has 8 heteroatoms. The van der Waals surface area contributed by atoms with E-state index in [1.54, 1.807) is 26.4 Å². The lowest BCUT2D eigenvalue weighted by Crippen LogP contribution is -2.28. The molecular formula is C27H27N3O4S. The van der Waals surface area contributed by atoms with Crippen LogP contribution in [0.15, 0.2) is 47.5 Å². The number of rotatable bonds is 7. The van der Waals surface area contributed by atoms with Gasteiger partial charge in [0.1, 0.15) is 28.3 Å². The summed E-state index contributed by atoms with van der Waals surface area (Å²) in [4.78, 5) is 19.6. The monoisotopic (exact) mass is 489 g/mol. The highest BCUT2D eigenvalue weighted by molar-refractivity contribution is 7.99.